The smallest absolute Gasteiger partial charge is 0.235 e. The molecule has 184 valence electrons. The van der Waals surface area contributed by atoms with Gasteiger partial charge in [0.25, 0.3) is 0 Å². The Hall–Kier alpha value is -4.09. The van der Waals surface area contributed by atoms with Crippen LogP contribution in [0.3, 0.4) is 0 Å². The Labute approximate surface area is 206 Å². The number of anilines is 1. The molecule has 1 fully saturated rings. The first-order valence-corrected chi connectivity index (χ1v) is 12.6. The molecule has 36 heavy (non-hydrogen) atoms. The fourth-order valence-corrected chi connectivity index (χ4v) is 5.10. The summed E-state index contributed by atoms with van der Waals surface area (Å²) in [6, 6.07) is 12.8. The molecule has 1 aliphatic rings. The van der Waals surface area contributed by atoms with Crippen LogP contribution in [0.1, 0.15) is 22.3 Å². The number of fused-ring (bicyclic) bond motifs is 1. The molecule has 1 unspecified atom stereocenters. The van der Waals surface area contributed by atoms with Crippen molar-refractivity contribution in [2.24, 2.45) is 0 Å². The van der Waals surface area contributed by atoms with Gasteiger partial charge in [-0.1, -0.05) is 24.8 Å². The Balaban J connectivity index is 1.41. The van der Waals surface area contributed by atoms with Gasteiger partial charge in [0.1, 0.15) is 35.1 Å². The minimum Gasteiger partial charge on any atom is -0.457 e. The minimum absolute atomic E-state index is 0.129. The van der Waals surface area contributed by atoms with Gasteiger partial charge in [-0.2, -0.15) is 4.31 Å². The normalized spacial score (nSPS) is 16.2. The van der Waals surface area contributed by atoms with Gasteiger partial charge in [0.05, 0.1) is 16.5 Å². The van der Waals surface area contributed by atoms with E-state index in [1.807, 2.05) is 6.07 Å². The van der Waals surface area contributed by atoms with Gasteiger partial charge in [0, 0.05) is 36.8 Å². The van der Waals surface area contributed by atoms with Crippen LogP contribution < -0.4 is 10.1 Å². The lowest BCUT2D eigenvalue weighted by Gasteiger charge is -2.16. The molecule has 0 amide bonds. The summed E-state index contributed by atoms with van der Waals surface area (Å²) < 4.78 is 46.1. The van der Waals surface area contributed by atoms with Crippen molar-refractivity contribution in [1.29, 1.82) is 0 Å². The van der Waals surface area contributed by atoms with Crippen molar-refractivity contribution in [2.45, 2.75) is 12.5 Å². The maximum absolute atomic E-state index is 15.0. The predicted octanol–water partition coefficient (Wildman–Crippen LogP) is 4.08. The number of aromatic amines is 1. The van der Waals surface area contributed by atoms with E-state index in [0.29, 0.717) is 35.6 Å². The highest BCUT2D eigenvalue weighted by Crippen LogP contribution is 2.30. The van der Waals surface area contributed by atoms with E-state index in [4.69, 9.17) is 4.74 Å². The van der Waals surface area contributed by atoms with Crippen LogP contribution in [-0.2, 0) is 10.0 Å². The average molecular weight is 508 g/mol. The summed E-state index contributed by atoms with van der Waals surface area (Å²) in [6.07, 6.45) is 3.34. The third-order valence-corrected chi connectivity index (χ3v) is 7.41. The third-order valence-electron chi connectivity index (χ3n) is 5.94. The van der Waals surface area contributed by atoms with E-state index in [0.717, 1.165) is 11.5 Å². The first-order valence-electron chi connectivity index (χ1n) is 11.1. The van der Waals surface area contributed by atoms with Gasteiger partial charge < -0.3 is 15.0 Å². The molecule has 2 aromatic carbocycles. The Bertz CT molecular complexity index is 1560. The van der Waals surface area contributed by atoms with Gasteiger partial charge in [0.2, 0.25) is 10.0 Å². The zero-order valence-electron chi connectivity index (χ0n) is 19.0. The Morgan fingerprint density at radius 1 is 1.17 bits per heavy atom. The van der Waals surface area contributed by atoms with Gasteiger partial charge in [-0.25, -0.2) is 22.8 Å². The van der Waals surface area contributed by atoms with E-state index in [1.165, 1.54) is 29.0 Å². The van der Waals surface area contributed by atoms with Crippen LogP contribution in [0.4, 0.5) is 10.2 Å². The topological polar surface area (TPSA) is 117 Å². The van der Waals surface area contributed by atoms with Gasteiger partial charge in [0.15, 0.2) is 5.78 Å². The first-order chi connectivity index (χ1) is 17.4. The quantitative estimate of drug-likeness (QED) is 0.345. The zero-order valence-corrected chi connectivity index (χ0v) is 19.8. The lowest BCUT2D eigenvalue weighted by Crippen LogP contribution is -2.30. The SMILES string of the molecule is C=CS(=O)(=O)N1CCC(Nc2ncnc3[nH]cc(C(=O)c4ccc(Oc5ccccc5)cc4F)c23)C1. The average Bonchev–Trinajstić information content (AvgIpc) is 3.53. The van der Waals surface area contributed by atoms with Gasteiger partial charge >= 0.3 is 0 Å². The van der Waals surface area contributed by atoms with Crippen LogP contribution in [0.25, 0.3) is 11.0 Å². The van der Waals surface area contributed by atoms with Crippen LogP contribution in [-0.4, -0.2) is 52.6 Å². The Kier molecular flexibility index (Phi) is 6.25. The summed E-state index contributed by atoms with van der Waals surface area (Å²) in [6.45, 7) is 3.92. The largest absolute Gasteiger partial charge is 0.457 e. The van der Waals surface area contributed by atoms with Crippen molar-refractivity contribution in [3.8, 4) is 11.5 Å². The molecule has 5 rings (SSSR count). The van der Waals surface area contributed by atoms with E-state index in [2.05, 4.69) is 26.8 Å². The van der Waals surface area contributed by atoms with E-state index < -0.39 is 21.6 Å². The number of aromatic nitrogens is 3. The summed E-state index contributed by atoms with van der Waals surface area (Å²) in [5, 5.41) is 4.54. The lowest BCUT2D eigenvalue weighted by molar-refractivity contribution is 0.103. The molecule has 0 bridgehead atoms. The van der Waals surface area contributed by atoms with Crippen molar-refractivity contribution in [3.05, 3.63) is 90.0 Å². The van der Waals surface area contributed by atoms with Crippen molar-refractivity contribution >= 4 is 32.7 Å². The number of ether oxygens (including phenoxy) is 1. The molecule has 0 radical (unpaired) electrons. The third kappa shape index (κ3) is 4.58. The lowest BCUT2D eigenvalue weighted by atomic mass is 10.0. The molecule has 0 spiro atoms. The van der Waals surface area contributed by atoms with Gasteiger partial charge in [-0.15, -0.1) is 0 Å². The van der Waals surface area contributed by atoms with E-state index in [-0.39, 0.29) is 29.5 Å². The van der Waals surface area contributed by atoms with E-state index in [9.17, 15) is 17.6 Å². The number of nitrogens with one attached hydrogen (secondary N) is 2. The summed E-state index contributed by atoms with van der Waals surface area (Å²) >= 11 is 0. The zero-order chi connectivity index (χ0) is 25.3. The molecule has 1 atom stereocenters. The minimum atomic E-state index is -3.53. The Morgan fingerprint density at radius 2 is 1.97 bits per heavy atom. The number of carbonyl (C=O) groups excluding carboxylic acids is 1. The van der Waals surface area contributed by atoms with Crippen molar-refractivity contribution in [2.75, 3.05) is 18.4 Å². The fraction of sp³-hybridized carbons (Fsp3) is 0.160. The second kappa shape index (κ2) is 9.51. The summed E-state index contributed by atoms with van der Waals surface area (Å²) in [5.41, 5.74) is 0.460. The highest BCUT2D eigenvalue weighted by Gasteiger charge is 2.30. The number of para-hydroxylation sites is 1. The van der Waals surface area contributed by atoms with E-state index in [1.54, 1.807) is 24.3 Å². The first kappa shape index (κ1) is 23.6. The van der Waals surface area contributed by atoms with Crippen molar-refractivity contribution < 1.29 is 22.3 Å². The Morgan fingerprint density at radius 3 is 2.72 bits per heavy atom. The molecule has 3 heterocycles. The molecule has 11 heteroatoms. The molecular formula is C25H22FN5O4S. The number of nitrogens with zero attached hydrogens (tertiary/aromatic N) is 3. The highest BCUT2D eigenvalue weighted by atomic mass is 32.2. The summed E-state index contributed by atoms with van der Waals surface area (Å²) in [4.78, 5) is 24.7. The monoisotopic (exact) mass is 507 g/mol. The van der Waals surface area contributed by atoms with Gasteiger partial charge in [-0.3, -0.25) is 4.79 Å². The number of halogens is 1. The summed E-state index contributed by atoms with van der Waals surface area (Å²) in [5.74, 6) is -0.107. The number of ketones is 1. The maximum atomic E-state index is 15.0. The number of hydrogen-bond donors (Lipinski definition) is 2. The maximum Gasteiger partial charge on any atom is 0.235 e. The molecule has 2 aromatic heterocycles. The van der Waals surface area contributed by atoms with Crippen LogP contribution >= 0.6 is 0 Å². The molecule has 1 aliphatic heterocycles. The van der Waals surface area contributed by atoms with Crippen LogP contribution in [0, 0.1) is 5.82 Å². The number of hydrogen-bond acceptors (Lipinski definition) is 7. The van der Waals surface area contributed by atoms with Crippen molar-refractivity contribution in [3.63, 3.8) is 0 Å². The highest BCUT2D eigenvalue weighted by molar-refractivity contribution is 7.92. The standard InChI is InChI=1S/C25H22FN5O4S/c1-2-36(33,34)31-11-10-16(14-31)30-25-22-20(13-27-24(22)28-15-29-25)23(32)19-9-8-18(12-21(19)26)35-17-6-4-3-5-7-17/h2-9,12-13,15-16H,1,10-11,14H2,(H2,27,28,29,30). The van der Waals surface area contributed by atoms with Crippen LogP contribution in [0.15, 0.2) is 73.0 Å². The number of carbonyl (C=O) groups is 1. The molecule has 0 aliphatic carbocycles. The fourth-order valence-electron chi connectivity index (χ4n) is 4.14. The van der Waals surface area contributed by atoms with Crippen LogP contribution in [0.2, 0.25) is 0 Å². The molecule has 0 saturated carbocycles. The molecule has 2 N–H and O–H groups in total. The molecule has 1 saturated heterocycles. The number of sulfonamides is 1. The van der Waals surface area contributed by atoms with E-state index >= 15 is 0 Å². The second-order valence-corrected chi connectivity index (χ2v) is 10.1. The molecule has 4 aromatic rings. The number of benzene rings is 2. The molecule has 9 nitrogen and oxygen atoms in total. The number of rotatable bonds is 8. The van der Waals surface area contributed by atoms with Gasteiger partial charge in [-0.05, 0) is 30.7 Å². The number of H-pyrrole nitrogens is 1. The summed E-state index contributed by atoms with van der Waals surface area (Å²) in [7, 11) is -3.53. The second-order valence-electron chi connectivity index (χ2n) is 8.23. The van der Waals surface area contributed by atoms with Crippen LogP contribution in [0.5, 0.6) is 11.5 Å². The predicted molar refractivity (Wildman–Crippen MR) is 133 cm³/mol. The van der Waals surface area contributed by atoms with Crippen molar-refractivity contribution in [1.82, 2.24) is 19.3 Å². The molecular weight excluding hydrogens is 485 g/mol.